The highest BCUT2D eigenvalue weighted by atomic mass is 19.2. The Hall–Kier alpha value is -0.150. The molecule has 0 aromatic carbocycles. The maximum Gasteiger partial charge on any atom is 0.218 e. The standard InChI is InChI=1S/C4H10FNO/c1-4(5,3-6)7-2/h3,6H2,1-2H3. The van der Waals surface area contributed by atoms with Crippen molar-refractivity contribution in [3.05, 3.63) is 0 Å². The molecule has 3 heteroatoms. The molecule has 0 fully saturated rings. The summed E-state index contributed by atoms with van der Waals surface area (Å²) < 4.78 is 16.5. The molecule has 44 valence electrons. The monoisotopic (exact) mass is 107 g/mol. The minimum atomic E-state index is -1.64. The van der Waals surface area contributed by atoms with Crippen molar-refractivity contribution in [1.29, 1.82) is 0 Å². The van der Waals surface area contributed by atoms with E-state index in [1.807, 2.05) is 0 Å². The zero-order chi connectivity index (χ0) is 5.91. The molecule has 1 atom stereocenters. The molecule has 0 saturated carbocycles. The molecule has 0 radical (unpaired) electrons. The van der Waals surface area contributed by atoms with Crippen LogP contribution in [0.5, 0.6) is 0 Å². The van der Waals surface area contributed by atoms with Crippen molar-refractivity contribution in [2.45, 2.75) is 12.8 Å². The van der Waals surface area contributed by atoms with Gasteiger partial charge in [0.25, 0.3) is 0 Å². The molecule has 0 heterocycles. The molecule has 0 rings (SSSR count). The van der Waals surface area contributed by atoms with E-state index in [4.69, 9.17) is 5.73 Å². The highest BCUT2D eigenvalue weighted by Gasteiger charge is 2.17. The Bertz CT molecular complexity index is 49.7. The van der Waals surface area contributed by atoms with Gasteiger partial charge in [0, 0.05) is 7.11 Å². The van der Waals surface area contributed by atoms with Gasteiger partial charge < -0.3 is 10.5 Å². The highest BCUT2D eigenvalue weighted by Crippen LogP contribution is 2.05. The fourth-order valence-corrected chi connectivity index (χ4v) is 0.0833. The van der Waals surface area contributed by atoms with Crippen molar-refractivity contribution < 1.29 is 9.13 Å². The number of hydrogen-bond donors (Lipinski definition) is 1. The first-order valence-electron chi connectivity index (χ1n) is 2.06. The summed E-state index contributed by atoms with van der Waals surface area (Å²) in [6.45, 7) is 1.19. The van der Waals surface area contributed by atoms with Gasteiger partial charge in [-0.3, -0.25) is 0 Å². The van der Waals surface area contributed by atoms with Crippen LogP contribution < -0.4 is 5.73 Å². The Morgan fingerprint density at radius 1 is 1.86 bits per heavy atom. The molecular formula is C4H10FNO. The molecule has 0 aromatic rings. The van der Waals surface area contributed by atoms with Crippen molar-refractivity contribution in [3.63, 3.8) is 0 Å². The van der Waals surface area contributed by atoms with E-state index in [0.717, 1.165) is 0 Å². The number of hydrogen-bond acceptors (Lipinski definition) is 2. The van der Waals surface area contributed by atoms with Crippen LogP contribution in [0, 0.1) is 0 Å². The molecule has 0 aliphatic carbocycles. The third-order valence-corrected chi connectivity index (χ3v) is 0.790. The zero-order valence-corrected chi connectivity index (χ0v) is 4.57. The highest BCUT2D eigenvalue weighted by molar-refractivity contribution is 4.57. The molecule has 0 spiro atoms. The van der Waals surface area contributed by atoms with Crippen molar-refractivity contribution in [3.8, 4) is 0 Å². The molecule has 0 aliphatic heterocycles. The average molecular weight is 107 g/mol. The summed E-state index contributed by atoms with van der Waals surface area (Å²) in [5.41, 5.74) is 4.92. The van der Waals surface area contributed by atoms with Crippen LogP contribution in [0.25, 0.3) is 0 Å². The first-order chi connectivity index (χ1) is 3.12. The van der Waals surface area contributed by atoms with E-state index < -0.39 is 5.85 Å². The van der Waals surface area contributed by atoms with Crippen molar-refractivity contribution >= 4 is 0 Å². The number of halogens is 1. The largest absolute Gasteiger partial charge is 0.348 e. The molecule has 0 bridgehead atoms. The Kier molecular flexibility index (Phi) is 2.19. The quantitative estimate of drug-likeness (QED) is 0.550. The maximum absolute atomic E-state index is 12.2. The van der Waals surface area contributed by atoms with Gasteiger partial charge in [-0.2, -0.15) is 0 Å². The summed E-state index contributed by atoms with van der Waals surface area (Å²) in [5, 5.41) is 0. The van der Waals surface area contributed by atoms with Crippen LogP contribution in [0.4, 0.5) is 4.39 Å². The second-order valence-corrected chi connectivity index (χ2v) is 1.51. The molecule has 0 aliphatic rings. The smallest absolute Gasteiger partial charge is 0.218 e. The van der Waals surface area contributed by atoms with E-state index in [1.54, 1.807) is 0 Å². The summed E-state index contributed by atoms with van der Waals surface area (Å²) in [7, 11) is 1.28. The van der Waals surface area contributed by atoms with E-state index >= 15 is 0 Å². The van der Waals surface area contributed by atoms with Crippen LogP contribution in [0.3, 0.4) is 0 Å². The number of nitrogens with two attached hydrogens (primary N) is 1. The second kappa shape index (κ2) is 2.23. The van der Waals surface area contributed by atoms with Gasteiger partial charge >= 0.3 is 0 Å². The predicted octanol–water partition coefficient (Wildman–Crippen LogP) is 0.277. The molecule has 1 unspecified atom stereocenters. The third-order valence-electron chi connectivity index (χ3n) is 0.790. The third kappa shape index (κ3) is 2.53. The SMILES string of the molecule is COC(C)(F)CN. The number of ether oxygens (including phenoxy) is 1. The summed E-state index contributed by atoms with van der Waals surface area (Å²) in [6.07, 6.45) is 0. The Morgan fingerprint density at radius 3 is 2.29 bits per heavy atom. The molecule has 7 heavy (non-hydrogen) atoms. The van der Waals surface area contributed by atoms with Gasteiger partial charge in [0.2, 0.25) is 5.85 Å². The van der Waals surface area contributed by atoms with Gasteiger partial charge in [0.15, 0.2) is 0 Å². The summed E-state index contributed by atoms with van der Waals surface area (Å²) in [4.78, 5) is 0. The van der Waals surface area contributed by atoms with Gasteiger partial charge in [0.05, 0.1) is 6.54 Å². The van der Waals surface area contributed by atoms with Gasteiger partial charge in [0.1, 0.15) is 0 Å². The Morgan fingerprint density at radius 2 is 2.29 bits per heavy atom. The van der Waals surface area contributed by atoms with Crippen LogP contribution in [0.1, 0.15) is 6.92 Å². The second-order valence-electron chi connectivity index (χ2n) is 1.51. The lowest BCUT2D eigenvalue weighted by molar-refractivity contribution is -0.0962. The fourth-order valence-electron chi connectivity index (χ4n) is 0.0833. The first-order valence-corrected chi connectivity index (χ1v) is 2.06. The minimum Gasteiger partial charge on any atom is -0.348 e. The van der Waals surface area contributed by atoms with Gasteiger partial charge in [-0.25, -0.2) is 4.39 Å². The maximum atomic E-state index is 12.2. The molecular weight excluding hydrogens is 97.0 g/mol. The fraction of sp³-hybridized carbons (Fsp3) is 1.00. The van der Waals surface area contributed by atoms with Crippen LogP contribution in [-0.4, -0.2) is 19.5 Å². The molecule has 2 N–H and O–H groups in total. The van der Waals surface area contributed by atoms with Gasteiger partial charge in [-0.1, -0.05) is 0 Å². The zero-order valence-electron chi connectivity index (χ0n) is 4.57. The van der Waals surface area contributed by atoms with Crippen molar-refractivity contribution in [2.75, 3.05) is 13.7 Å². The summed E-state index contributed by atoms with van der Waals surface area (Å²) in [6, 6.07) is 0. The van der Waals surface area contributed by atoms with Crippen LogP contribution in [0.2, 0.25) is 0 Å². The molecule has 0 saturated heterocycles. The average Bonchev–Trinajstić information content (AvgIpc) is 1.68. The lowest BCUT2D eigenvalue weighted by Gasteiger charge is -2.13. The van der Waals surface area contributed by atoms with Crippen molar-refractivity contribution in [2.24, 2.45) is 5.73 Å². The number of alkyl halides is 1. The minimum absolute atomic E-state index is 0.0938. The predicted molar refractivity (Wildman–Crippen MR) is 25.6 cm³/mol. The normalized spacial score (nSPS) is 18.9. The van der Waals surface area contributed by atoms with Crippen LogP contribution in [0.15, 0.2) is 0 Å². The topological polar surface area (TPSA) is 35.2 Å². The van der Waals surface area contributed by atoms with E-state index in [9.17, 15) is 4.39 Å². The summed E-state index contributed by atoms with van der Waals surface area (Å²) >= 11 is 0. The van der Waals surface area contributed by atoms with E-state index in [1.165, 1.54) is 14.0 Å². The van der Waals surface area contributed by atoms with Gasteiger partial charge in [-0.05, 0) is 6.92 Å². The van der Waals surface area contributed by atoms with Crippen LogP contribution >= 0.6 is 0 Å². The lowest BCUT2D eigenvalue weighted by atomic mass is 10.4. The lowest BCUT2D eigenvalue weighted by Crippen LogP contribution is -2.30. The van der Waals surface area contributed by atoms with E-state index in [-0.39, 0.29) is 6.54 Å². The molecule has 0 amide bonds. The number of rotatable bonds is 2. The molecule has 2 nitrogen and oxygen atoms in total. The number of methoxy groups -OCH3 is 1. The van der Waals surface area contributed by atoms with E-state index in [0.29, 0.717) is 0 Å². The van der Waals surface area contributed by atoms with Crippen molar-refractivity contribution in [1.82, 2.24) is 0 Å². The van der Waals surface area contributed by atoms with E-state index in [2.05, 4.69) is 4.74 Å². The molecule has 0 aromatic heterocycles. The van der Waals surface area contributed by atoms with Crippen LogP contribution in [-0.2, 0) is 4.74 Å². The summed E-state index contributed by atoms with van der Waals surface area (Å²) in [5.74, 6) is -1.64. The first kappa shape index (κ1) is 6.85. The Balaban J connectivity index is 3.36. The van der Waals surface area contributed by atoms with Gasteiger partial charge in [-0.15, -0.1) is 0 Å². The Labute approximate surface area is 42.5 Å².